The molecule has 0 spiro atoms. The van der Waals surface area contributed by atoms with Gasteiger partial charge in [0.2, 0.25) is 0 Å². The summed E-state index contributed by atoms with van der Waals surface area (Å²) in [4.78, 5) is 18.0. The highest BCUT2D eigenvalue weighted by Crippen LogP contribution is 2.30. The van der Waals surface area contributed by atoms with Gasteiger partial charge in [-0.2, -0.15) is 4.98 Å². The Morgan fingerprint density at radius 3 is 2.68 bits per heavy atom. The summed E-state index contributed by atoms with van der Waals surface area (Å²) in [5.74, 6) is 1.85. The van der Waals surface area contributed by atoms with Crippen molar-refractivity contribution >= 4 is 33.8 Å². The van der Waals surface area contributed by atoms with Gasteiger partial charge in [-0.1, -0.05) is 12.1 Å². The standard InChI is InChI=1S/C21H15N5O2/c1-27-14-8-9-16-15(11-14)20(25-19(23-16)13-5-4-10-22-12-13)26-21-24-17-6-2-3-7-18(17)28-21/h2-12H,1H3,(H,23,24,25,26). The van der Waals surface area contributed by atoms with E-state index in [1.807, 2.05) is 54.6 Å². The van der Waals surface area contributed by atoms with Crippen LogP contribution < -0.4 is 10.1 Å². The van der Waals surface area contributed by atoms with Crippen LogP contribution in [-0.2, 0) is 0 Å². The van der Waals surface area contributed by atoms with Gasteiger partial charge in [0.25, 0.3) is 0 Å². The van der Waals surface area contributed by atoms with Gasteiger partial charge in [0.05, 0.1) is 12.6 Å². The number of anilines is 2. The highest BCUT2D eigenvalue weighted by atomic mass is 16.5. The average Bonchev–Trinajstić information content (AvgIpc) is 3.16. The lowest BCUT2D eigenvalue weighted by Gasteiger charge is -2.10. The molecule has 0 saturated heterocycles. The molecule has 0 radical (unpaired) electrons. The second-order valence-corrected chi connectivity index (χ2v) is 6.13. The largest absolute Gasteiger partial charge is 0.497 e. The Balaban J connectivity index is 1.67. The monoisotopic (exact) mass is 369 g/mol. The first-order valence-electron chi connectivity index (χ1n) is 8.69. The molecule has 3 heterocycles. The highest BCUT2D eigenvalue weighted by molar-refractivity contribution is 5.93. The molecule has 7 heteroatoms. The molecular weight excluding hydrogens is 354 g/mol. The van der Waals surface area contributed by atoms with Gasteiger partial charge in [0, 0.05) is 23.3 Å². The average molecular weight is 369 g/mol. The summed E-state index contributed by atoms with van der Waals surface area (Å²) >= 11 is 0. The van der Waals surface area contributed by atoms with Crippen LogP contribution in [0, 0.1) is 0 Å². The minimum Gasteiger partial charge on any atom is -0.497 e. The molecule has 5 rings (SSSR count). The van der Waals surface area contributed by atoms with Gasteiger partial charge in [0.15, 0.2) is 11.4 Å². The van der Waals surface area contributed by atoms with Crippen molar-refractivity contribution in [1.29, 1.82) is 0 Å². The number of aromatic nitrogens is 4. The summed E-state index contributed by atoms with van der Waals surface area (Å²) in [6.07, 6.45) is 3.45. The number of ether oxygens (including phenoxy) is 1. The number of fused-ring (bicyclic) bond motifs is 2. The molecule has 5 aromatic rings. The van der Waals surface area contributed by atoms with Crippen molar-refractivity contribution in [3.63, 3.8) is 0 Å². The summed E-state index contributed by atoms with van der Waals surface area (Å²) in [7, 11) is 1.62. The van der Waals surface area contributed by atoms with Crippen LogP contribution in [0.3, 0.4) is 0 Å². The Bertz CT molecular complexity index is 1250. The van der Waals surface area contributed by atoms with E-state index in [4.69, 9.17) is 14.1 Å². The van der Waals surface area contributed by atoms with Crippen LogP contribution in [0.4, 0.5) is 11.8 Å². The maximum Gasteiger partial charge on any atom is 0.301 e. The Morgan fingerprint density at radius 2 is 1.86 bits per heavy atom. The number of para-hydroxylation sites is 2. The number of nitrogens with one attached hydrogen (secondary N) is 1. The molecule has 0 unspecified atom stereocenters. The lowest BCUT2D eigenvalue weighted by atomic mass is 10.2. The van der Waals surface area contributed by atoms with Crippen LogP contribution >= 0.6 is 0 Å². The van der Waals surface area contributed by atoms with Crippen LogP contribution in [0.5, 0.6) is 5.75 Å². The summed E-state index contributed by atoms with van der Waals surface area (Å²) in [6, 6.07) is 17.4. The topological polar surface area (TPSA) is 86.0 Å². The van der Waals surface area contributed by atoms with Crippen molar-refractivity contribution < 1.29 is 9.15 Å². The van der Waals surface area contributed by atoms with Crippen LogP contribution in [0.25, 0.3) is 33.4 Å². The zero-order valence-corrected chi connectivity index (χ0v) is 15.0. The minimum absolute atomic E-state index is 0.362. The third-order valence-electron chi connectivity index (χ3n) is 4.34. The molecule has 2 aromatic carbocycles. The van der Waals surface area contributed by atoms with Crippen molar-refractivity contribution in [3.8, 4) is 17.1 Å². The molecule has 1 N–H and O–H groups in total. The maximum absolute atomic E-state index is 5.80. The maximum atomic E-state index is 5.80. The van der Waals surface area contributed by atoms with Crippen LogP contribution in [0.15, 0.2) is 71.4 Å². The first-order chi connectivity index (χ1) is 13.8. The van der Waals surface area contributed by atoms with Crippen molar-refractivity contribution in [2.24, 2.45) is 0 Å². The number of oxazole rings is 1. The number of benzene rings is 2. The van der Waals surface area contributed by atoms with Crippen molar-refractivity contribution in [3.05, 3.63) is 67.0 Å². The molecule has 0 aliphatic carbocycles. The van der Waals surface area contributed by atoms with Gasteiger partial charge in [-0.15, -0.1) is 0 Å². The van der Waals surface area contributed by atoms with Gasteiger partial charge in [-0.3, -0.25) is 10.3 Å². The van der Waals surface area contributed by atoms with Gasteiger partial charge >= 0.3 is 6.01 Å². The molecule has 28 heavy (non-hydrogen) atoms. The van der Waals surface area contributed by atoms with E-state index in [-0.39, 0.29) is 0 Å². The van der Waals surface area contributed by atoms with Gasteiger partial charge in [0.1, 0.15) is 17.1 Å². The third kappa shape index (κ3) is 2.88. The quantitative estimate of drug-likeness (QED) is 0.496. The second kappa shape index (κ2) is 6.62. The van der Waals surface area contributed by atoms with E-state index in [1.165, 1.54) is 0 Å². The third-order valence-corrected chi connectivity index (χ3v) is 4.34. The van der Waals surface area contributed by atoms with Gasteiger partial charge in [-0.25, -0.2) is 9.97 Å². The first-order valence-corrected chi connectivity index (χ1v) is 8.69. The summed E-state index contributed by atoms with van der Waals surface area (Å²) in [5, 5.41) is 3.99. The molecule has 0 aliphatic heterocycles. The number of nitrogens with zero attached hydrogens (tertiary/aromatic N) is 4. The fourth-order valence-electron chi connectivity index (χ4n) is 2.98. The summed E-state index contributed by atoms with van der Waals surface area (Å²) in [6.45, 7) is 0. The Hall–Kier alpha value is -4.00. The van der Waals surface area contributed by atoms with E-state index >= 15 is 0 Å². The van der Waals surface area contributed by atoms with E-state index in [2.05, 4.69) is 20.3 Å². The molecule has 0 fully saturated rings. The lowest BCUT2D eigenvalue weighted by molar-refractivity contribution is 0.415. The number of rotatable bonds is 4. The van der Waals surface area contributed by atoms with Crippen molar-refractivity contribution in [2.45, 2.75) is 0 Å². The lowest BCUT2D eigenvalue weighted by Crippen LogP contribution is -2.00. The summed E-state index contributed by atoms with van der Waals surface area (Å²) < 4.78 is 11.2. The zero-order chi connectivity index (χ0) is 18.9. The number of hydrogen-bond acceptors (Lipinski definition) is 7. The predicted octanol–water partition coefficient (Wildman–Crippen LogP) is 4.59. The van der Waals surface area contributed by atoms with E-state index in [9.17, 15) is 0 Å². The molecular formula is C21H15N5O2. The van der Waals surface area contributed by atoms with Crippen LogP contribution in [0.1, 0.15) is 0 Å². The van der Waals surface area contributed by atoms with Crippen molar-refractivity contribution in [2.75, 3.05) is 12.4 Å². The highest BCUT2D eigenvalue weighted by Gasteiger charge is 2.13. The molecule has 0 atom stereocenters. The van der Waals surface area contributed by atoms with E-state index in [1.54, 1.807) is 19.5 Å². The number of hydrogen-bond donors (Lipinski definition) is 1. The van der Waals surface area contributed by atoms with Crippen LogP contribution in [-0.4, -0.2) is 27.0 Å². The van der Waals surface area contributed by atoms with E-state index in [0.717, 1.165) is 22.0 Å². The molecule has 0 aliphatic rings. The Labute approximate surface area is 160 Å². The smallest absolute Gasteiger partial charge is 0.301 e. The Morgan fingerprint density at radius 1 is 0.929 bits per heavy atom. The zero-order valence-electron chi connectivity index (χ0n) is 15.0. The normalized spacial score (nSPS) is 11.0. The van der Waals surface area contributed by atoms with Gasteiger partial charge < -0.3 is 9.15 Å². The van der Waals surface area contributed by atoms with Crippen molar-refractivity contribution in [1.82, 2.24) is 19.9 Å². The molecule has 7 nitrogen and oxygen atoms in total. The van der Waals surface area contributed by atoms with E-state index in [0.29, 0.717) is 29.0 Å². The minimum atomic E-state index is 0.362. The predicted molar refractivity (Wildman–Crippen MR) is 107 cm³/mol. The first kappa shape index (κ1) is 16.2. The second-order valence-electron chi connectivity index (χ2n) is 6.13. The Kier molecular flexibility index (Phi) is 3.83. The summed E-state index contributed by atoms with van der Waals surface area (Å²) in [5.41, 5.74) is 3.07. The fourth-order valence-corrected chi connectivity index (χ4v) is 2.98. The number of pyridine rings is 1. The molecule has 0 bridgehead atoms. The van der Waals surface area contributed by atoms with E-state index < -0.39 is 0 Å². The molecule has 136 valence electrons. The SMILES string of the molecule is COc1ccc2nc(-c3cccnc3)nc(Nc3nc4ccccc4o3)c2c1. The number of methoxy groups -OCH3 is 1. The fraction of sp³-hybridized carbons (Fsp3) is 0.0476. The van der Waals surface area contributed by atoms with Gasteiger partial charge in [-0.05, 0) is 42.5 Å². The molecule has 0 amide bonds. The molecule has 0 saturated carbocycles. The molecule has 3 aromatic heterocycles. The van der Waals surface area contributed by atoms with Crippen LogP contribution in [0.2, 0.25) is 0 Å².